The molecule has 1 aliphatic heterocycles. The van der Waals surface area contributed by atoms with Gasteiger partial charge in [0.05, 0.1) is 6.61 Å². The summed E-state index contributed by atoms with van der Waals surface area (Å²) in [7, 11) is 0. The zero-order valence-corrected chi connectivity index (χ0v) is 10.2. The lowest BCUT2D eigenvalue weighted by molar-refractivity contribution is 0.0739. The molecule has 0 aromatic carbocycles. The number of nitrogens with two attached hydrogens (primary N) is 1. The molecule has 0 amide bonds. The van der Waals surface area contributed by atoms with Gasteiger partial charge in [0.1, 0.15) is 0 Å². The lowest BCUT2D eigenvalue weighted by atomic mass is 10.0. The van der Waals surface area contributed by atoms with Gasteiger partial charge < -0.3 is 10.8 Å². The molecule has 90 valence electrons. The van der Waals surface area contributed by atoms with Crippen LogP contribution in [0.2, 0.25) is 0 Å². The molecule has 3 heteroatoms. The van der Waals surface area contributed by atoms with Gasteiger partial charge in [0, 0.05) is 18.1 Å². The predicted molar refractivity (Wildman–Crippen MR) is 63.8 cm³/mol. The maximum absolute atomic E-state index is 9.47. The molecular weight excluding hydrogens is 188 g/mol. The normalized spacial score (nSPS) is 28.4. The molecule has 3 nitrogen and oxygen atoms in total. The van der Waals surface area contributed by atoms with E-state index in [4.69, 9.17) is 5.73 Å². The van der Waals surface area contributed by atoms with Crippen LogP contribution in [-0.4, -0.2) is 41.3 Å². The minimum Gasteiger partial charge on any atom is -0.395 e. The highest BCUT2D eigenvalue weighted by Gasteiger charge is 2.27. The predicted octanol–water partition coefficient (Wildman–Crippen LogP) is 1.35. The van der Waals surface area contributed by atoms with Crippen molar-refractivity contribution in [2.75, 3.05) is 13.2 Å². The fourth-order valence-corrected chi connectivity index (χ4v) is 2.55. The molecule has 0 bridgehead atoms. The summed E-state index contributed by atoms with van der Waals surface area (Å²) in [5.74, 6) is 0. The Labute approximate surface area is 93.6 Å². The van der Waals surface area contributed by atoms with Crippen LogP contribution in [0.5, 0.6) is 0 Å². The largest absolute Gasteiger partial charge is 0.395 e. The first-order chi connectivity index (χ1) is 7.20. The molecule has 3 unspecified atom stereocenters. The van der Waals surface area contributed by atoms with E-state index in [0.29, 0.717) is 6.04 Å². The van der Waals surface area contributed by atoms with Crippen LogP contribution in [0.1, 0.15) is 46.0 Å². The SMILES string of the molecule is CCC(N)C(CO)N1CCCCCC1C. The Morgan fingerprint density at radius 2 is 2.13 bits per heavy atom. The molecule has 0 aromatic rings. The summed E-state index contributed by atoms with van der Waals surface area (Å²) in [5, 5.41) is 9.47. The van der Waals surface area contributed by atoms with Crippen molar-refractivity contribution in [2.24, 2.45) is 5.73 Å². The van der Waals surface area contributed by atoms with Gasteiger partial charge >= 0.3 is 0 Å². The Balaban J connectivity index is 2.62. The summed E-state index contributed by atoms with van der Waals surface area (Å²) in [5.41, 5.74) is 6.07. The average molecular weight is 214 g/mol. The zero-order chi connectivity index (χ0) is 11.3. The molecule has 1 aliphatic rings. The van der Waals surface area contributed by atoms with E-state index < -0.39 is 0 Å². The van der Waals surface area contributed by atoms with Gasteiger partial charge in [-0.2, -0.15) is 0 Å². The average Bonchev–Trinajstić information content (AvgIpc) is 2.45. The molecular formula is C12H26N2O. The molecule has 0 aliphatic carbocycles. The lowest BCUT2D eigenvalue weighted by Crippen LogP contribution is -2.53. The van der Waals surface area contributed by atoms with Gasteiger partial charge in [-0.1, -0.05) is 19.8 Å². The Morgan fingerprint density at radius 3 is 2.73 bits per heavy atom. The third kappa shape index (κ3) is 3.44. The summed E-state index contributed by atoms with van der Waals surface area (Å²) in [4.78, 5) is 2.42. The van der Waals surface area contributed by atoms with E-state index in [1.807, 2.05) is 0 Å². The van der Waals surface area contributed by atoms with Crippen molar-refractivity contribution in [3.8, 4) is 0 Å². The summed E-state index contributed by atoms with van der Waals surface area (Å²) >= 11 is 0. The fourth-order valence-electron chi connectivity index (χ4n) is 2.55. The second-order valence-corrected chi connectivity index (χ2v) is 4.76. The fraction of sp³-hybridized carbons (Fsp3) is 1.00. The van der Waals surface area contributed by atoms with Crippen molar-refractivity contribution >= 4 is 0 Å². The lowest BCUT2D eigenvalue weighted by Gasteiger charge is -2.37. The quantitative estimate of drug-likeness (QED) is 0.742. The van der Waals surface area contributed by atoms with Gasteiger partial charge in [0.15, 0.2) is 0 Å². The Kier molecular flexibility index (Phi) is 5.58. The minimum absolute atomic E-state index is 0.107. The van der Waals surface area contributed by atoms with Gasteiger partial charge in [-0.15, -0.1) is 0 Å². The van der Waals surface area contributed by atoms with E-state index in [1.54, 1.807) is 0 Å². The molecule has 0 spiro atoms. The number of hydrogen-bond donors (Lipinski definition) is 2. The van der Waals surface area contributed by atoms with Crippen molar-refractivity contribution in [3.05, 3.63) is 0 Å². The van der Waals surface area contributed by atoms with Crippen molar-refractivity contribution in [3.63, 3.8) is 0 Å². The van der Waals surface area contributed by atoms with Gasteiger partial charge in [-0.05, 0) is 32.7 Å². The van der Waals surface area contributed by atoms with Crippen LogP contribution in [0, 0.1) is 0 Å². The number of aliphatic hydroxyl groups excluding tert-OH is 1. The standard InChI is InChI=1S/C12H26N2O/c1-3-11(13)12(9-15)14-8-6-4-5-7-10(14)2/h10-12,15H,3-9,13H2,1-2H3. The summed E-state index contributed by atoms with van der Waals surface area (Å²) in [6.45, 7) is 5.64. The third-order valence-corrected chi connectivity index (χ3v) is 3.68. The van der Waals surface area contributed by atoms with Crippen LogP contribution in [0.25, 0.3) is 0 Å². The van der Waals surface area contributed by atoms with Gasteiger partial charge in [-0.3, -0.25) is 4.90 Å². The van der Waals surface area contributed by atoms with Crippen LogP contribution < -0.4 is 5.73 Å². The number of nitrogens with zero attached hydrogens (tertiary/aromatic N) is 1. The highest BCUT2D eigenvalue weighted by Crippen LogP contribution is 2.20. The Bertz CT molecular complexity index is 175. The van der Waals surface area contributed by atoms with Crippen molar-refractivity contribution in [1.29, 1.82) is 0 Å². The zero-order valence-electron chi connectivity index (χ0n) is 10.2. The van der Waals surface area contributed by atoms with Gasteiger partial charge in [0.25, 0.3) is 0 Å². The minimum atomic E-state index is 0.107. The first kappa shape index (κ1) is 12.9. The molecule has 15 heavy (non-hydrogen) atoms. The molecule has 0 aromatic heterocycles. The molecule has 1 rings (SSSR count). The smallest absolute Gasteiger partial charge is 0.0602 e. The van der Waals surface area contributed by atoms with Crippen LogP contribution in [-0.2, 0) is 0 Å². The number of likely N-dealkylation sites (tertiary alicyclic amines) is 1. The van der Waals surface area contributed by atoms with Gasteiger partial charge in [0.2, 0.25) is 0 Å². The van der Waals surface area contributed by atoms with Crippen LogP contribution in [0.4, 0.5) is 0 Å². The maximum Gasteiger partial charge on any atom is 0.0602 e. The highest BCUT2D eigenvalue weighted by molar-refractivity contribution is 4.85. The van der Waals surface area contributed by atoms with E-state index in [0.717, 1.165) is 13.0 Å². The van der Waals surface area contributed by atoms with E-state index in [2.05, 4.69) is 18.7 Å². The third-order valence-electron chi connectivity index (χ3n) is 3.68. The molecule has 0 radical (unpaired) electrons. The molecule has 1 fully saturated rings. The molecule has 1 heterocycles. The first-order valence-electron chi connectivity index (χ1n) is 6.32. The number of hydrogen-bond acceptors (Lipinski definition) is 3. The van der Waals surface area contributed by atoms with E-state index in [9.17, 15) is 5.11 Å². The van der Waals surface area contributed by atoms with Crippen LogP contribution >= 0.6 is 0 Å². The second kappa shape index (κ2) is 6.46. The van der Waals surface area contributed by atoms with Crippen molar-refractivity contribution in [2.45, 2.75) is 64.1 Å². The van der Waals surface area contributed by atoms with Gasteiger partial charge in [-0.25, -0.2) is 0 Å². The van der Waals surface area contributed by atoms with E-state index in [-0.39, 0.29) is 18.7 Å². The van der Waals surface area contributed by atoms with E-state index in [1.165, 1.54) is 25.7 Å². The van der Waals surface area contributed by atoms with Crippen LogP contribution in [0.3, 0.4) is 0 Å². The monoisotopic (exact) mass is 214 g/mol. The topological polar surface area (TPSA) is 49.5 Å². The molecule has 0 saturated carbocycles. The molecule has 1 saturated heterocycles. The summed E-state index contributed by atoms with van der Waals surface area (Å²) in [6.07, 6.45) is 6.07. The second-order valence-electron chi connectivity index (χ2n) is 4.76. The van der Waals surface area contributed by atoms with Crippen molar-refractivity contribution in [1.82, 2.24) is 4.90 Å². The van der Waals surface area contributed by atoms with Crippen LogP contribution in [0.15, 0.2) is 0 Å². The Morgan fingerprint density at radius 1 is 1.40 bits per heavy atom. The first-order valence-corrected chi connectivity index (χ1v) is 6.32. The maximum atomic E-state index is 9.47. The summed E-state index contributed by atoms with van der Waals surface area (Å²) < 4.78 is 0. The van der Waals surface area contributed by atoms with Crippen molar-refractivity contribution < 1.29 is 5.11 Å². The van der Waals surface area contributed by atoms with E-state index >= 15 is 0 Å². The highest BCUT2D eigenvalue weighted by atomic mass is 16.3. The molecule has 3 N–H and O–H groups in total. The number of rotatable bonds is 4. The number of aliphatic hydroxyl groups is 1. The summed E-state index contributed by atoms with van der Waals surface area (Å²) in [6, 6.07) is 0.834. The Hall–Kier alpha value is -0.120. The molecule has 3 atom stereocenters.